The van der Waals surface area contributed by atoms with Gasteiger partial charge in [0, 0.05) is 24.0 Å². The third-order valence-electron chi connectivity index (χ3n) is 4.11. The van der Waals surface area contributed by atoms with Gasteiger partial charge in [-0.3, -0.25) is 0 Å². The van der Waals surface area contributed by atoms with Crippen molar-refractivity contribution in [2.24, 2.45) is 5.41 Å². The average Bonchev–Trinajstić information content (AvgIpc) is 2.52. The van der Waals surface area contributed by atoms with Gasteiger partial charge in [-0.05, 0) is 50.8 Å². The van der Waals surface area contributed by atoms with E-state index in [2.05, 4.69) is 49.7 Å². The molecule has 90 valence electrons. The van der Waals surface area contributed by atoms with Crippen LogP contribution >= 0.6 is 0 Å². The predicted molar refractivity (Wildman–Crippen MR) is 68.7 cm³/mol. The van der Waals surface area contributed by atoms with Crippen molar-refractivity contribution in [2.45, 2.75) is 53.1 Å². The van der Waals surface area contributed by atoms with Crippen molar-refractivity contribution in [1.29, 1.82) is 0 Å². The lowest BCUT2D eigenvalue weighted by Gasteiger charge is -2.40. The van der Waals surface area contributed by atoms with Gasteiger partial charge in [0.05, 0.1) is 0 Å². The monoisotopic (exact) mass is 220 g/mol. The number of hydrogen-bond acceptors (Lipinski definition) is 1. The first-order valence-electron chi connectivity index (χ1n) is 6.37. The molecule has 1 atom stereocenters. The Kier molecular flexibility index (Phi) is 3.11. The Morgan fingerprint density at radius 1 is 1.31 bits per heavy atom. The number of piperidine rings is 1. The van der Waals surface area contributed by atoms with Crippen molar-refractivity contribution >= 4 is 0 Å². The molecule has 1 fully saturated rings. The molecule has 2 rings (SSSR count). The molecule has 0 spiro atoms. The van der Waals surface area contributed by atoms with E-state index in [0.717, 1.165) is 6.54 Å². The quantitative estimate of drug-likeness (QED) is 0.811. The lowest BCUT2D eigenvalue weighted by Crippen LogP contribution is -2.49. The number of aryl methyl sites for hydroxylation is 2. The molecule has 0 amide bonds. The Balaban J connectivity index is 2.14. The SMILES string of the molecule is Cc1ccc(C)n1CC1NCCCC1(C)C. The highest BCUT2D eigenvalue weighted by Gasteiger charge is 2.32. The largest absolute Gasteiger partial charge is 0.348 e. The molecule has 1 aromatic rings. The van der Waals surface area contributed by atoms with Gasteiger partial charge >= 0.3 is 0 Å². The molecule has 2 nitrogen and oxygen atoms in total. The topological polar surface area (TPSA) is 17.0 Å². The molecule has 1 saturated heterocycles. The van der Waals surface area contributed by atoms with Crippen LogP contribution < -0.4 is 5.32 Å². The smallest absolute Gasteiger partial charge is 0.0383 e. The number of nitrogens with zero attached hydrogens (tertiary/aromatic N) is 1. The van der Waals surface area contributed by atoms with Gasteiger partial charge < -0.3 is 9.88 Å². The lowest BCUT2D eigenvalue weighted by molar-refractivity contribution is 0.162. The Labute approximate surface area is 99.0 Å². The summed E-state index contributed by atoms with van der Waals surface area (Å²) in [6.07, 6.45) is 2.65. The normalized spacial score (nSPS) is 24.6. The van der Waals surface area contributed by atoms with Gasteiger partial charge in [0.15, 0.2) is 0 Å². The van der Waals surface area contributed by atoms with Crippen molar-refractivity contribution < 1.29 is 0 Å². The average molecular weight is 220 g/mol. The zero-order chi connectivity index (χ0) is 11.8. The third kappa shape index (κ3) is 2.17. The molecule has 2 heterocycles. The van der Waals surface area contributed by atoms with Gasteiger partial charge in [0.1, 0.15) is 0 Å². The standard InChI is InChI=1S/C14H24N2/c1-11-6-7-12(2)16(11)10-13-14(3,4)8-5-9-15-13/h6-7,13,15H,5,8-10H2,1-4H3. The molecule has 1 unspecified atom stereocenters. The Bertz CT molecular complexity index is 343. The number of hydrogen-bond donors (Lipinski definition) is 1. The van der Waals surface area contributed by atoms with E-state index >= 15 is 0 Å². The maximum atomic E-state index is 3.68. The van der Waals surface area contributed by atoms with E-state index in [4.69, 9.17) is 0 Å². The molecule has 1 aliphatic rings. The van der Waals surface area contributed by atoms with Crippen LogP contribution in [0.4, 0.5) is 0 Å². The van der Waals surface area contributed by atoms with E-state index in [1.807, 2.05) is 0 Å². The highest BCUT2D eigenvalue weighted by Crippen LogP contribution is 2.31. The second-order valence-corrected chi connectivity index (χ2v) is 5.83. The zero-order valence-corrected chi connectivity index (χ0v) is 11.0. The minimum Gasteiger partial charge on any atom is -0.348 e. The Morgan fingerprint density at radius 3 is 2.50 bits per heavy atom. The first kappa shape index (κ1) is 11.7. The van der Waals surface area contributed by atoms with Gasteiger partial charge in [-0.1, -0.05) is 13.8 Å². The molecule has 0 aromatic carbocycles. The van der Waals surface area contributed by atoms with E-state index in [9.17, 15) is 0 Å². The van der Waals surface area contributed by atoms with Crippen LogP contribution in [0.5, 0.6) is 0 Å². The summed E-state index contributed by atoms with van der Waals surface area (Å²) >= 11 is 0. The fraction of sp³-hybridized carbons (Fsp3) is 0.714. The fourth-order valence-electron chi connectivity index (χ4n) is 2.75. The van der Waals surface area contributed by atoms with E-state index in [-0.39, 0.29) is 0 Å². The molecule has 0 aliphatic carbocycles. The molecule has 1 aliphatic heterocycles. The minimum atomic E-state index is 0.418. The third-order valence-corrected chi connectivity index (χ3v) is 4.11. The Morgan fingerprint density at radius 2 is 1.94 bits per heavy atom. The van der Waals surface area contributed by atoms with Crippen molar-refractivity contribution in [1.82, 2.24) is 9.88 Å². The van der Waals surface area contributed by atoms with E-state index in [0.29, 0.717) is 11.5 Å². The van der Waals surface area contributed by atoms with Crippen molar-refractivity contribution in [3.05, 3.63) is 23.5 Å². The minimum absolute atomic E-state index is 0.418. The van der Waals surface area contributed by atoms with Gasteiger partial charge in [0.2, 0.25) is 0 Å². The summed E-state index contributed by atoms with van der Waals surface area (Å²) in [5, 5.41) is 3.68. The highest BCUT2D eigenvalue weighted by molar-refractivity contribution is 5.14. The van der Waals surface area contributed by atoms with Crippen LogP contribution in [-0.4, -0.2) is 17.2 Å². The molecule has 0 bridgehead atoms. The van der Waals surface area contributed by atoms with Crippen LogP contribution in [-0.2, 0) is 6.54 Å². The predicted octanol–water partition coefficient (Wildman–Crippen LogP) is 2.88. The van der Waals surface area contributed by atoms with Crippen LogP contribution in [0.3, 0.4) is 0 Å². The van der Waals surface area contributed by atoms with E-state index < -0.39 is 0 Å². The number of nitrogens with one attached hydrogen (secondary N) is 1. The number of rotatable bonds is 2. The first-order valence-corrected chi connectivity index (χ1v) is 6.37. The van der Waals surface area contributed by atoms with E-state index in [1.165, 1.54) is 30.8 Å². The van der Waals surface area contributed by atoms with Gasteiger partial charge in [-0.2, -0.15) is 0 Å². The molecular weight excluding hydrogens is 196 g/mol. The lowest BCUT2D eigenvalue weighted by atomic mass is 9.77. The summed E-state index contributed by atoms with van der Waals surface area (Å²) in [5.41, 5.74) is 3.17. The number of aromatic nitrogens is 1. The van der Waals surface area contributed by atoms with E-state index in [1.54, 1.807) is 0 Å². The van der Waals surface area contributed by atoms with Crippen molar-refractivity contribution in [2.75, 3.05) is 6.54 Å². The van der Waals surface area contributed by atoms with Crippen LogP contribution in [0.15, 0.2) is 12.1 Å². The van der Waals surface area contributed by atoms with Gasteiger partial charge in [-0.25, -0.2) is 0 Å². The molecular formula is C14H24N2. The van der Waals surface area contributed by atoms with Crippen LogP contribution in [0, 0.1) is 19.3 Å². The van der Waals surface area contributed by atoms with Crippen molar-refractivity contribution in [3.63, 3.8) is 0 Å². The molecule has 0 saturated carbocycles. The zero-order valence-electron chi connectivity index (χ0n) is 11.0. The molecule has 1 N–H and O–H groups in total. The van der Waals surface area contributed by atoms with Gasteiger partial charge in [0.25, 0.3) is 0 Å². The van der Waals surface area contributed by atoms with Crippen LogP contribution in [0.1, 0.15) is 38.1 Å². The summed E-state index contributed by atoms with van der Waals surface area (Å²) in [6, 6.07) is 5.03. The summed E-state index contributed by atoms with van der Waals surface area (Å²) in [6.45, 7) is 11.5. The summed E-state index contributed by atoms with van der Waals surface area (Å²) in [7, 11) is 0. The van der Waals surface area contributed by atoms with Crippen molar-refractivity contribution in [3.8, 4) is 0 Å². The second kappa shape index (κ2) is 4.25. The Hall–Kier alpha value is -0.760. The molecule has 1 aromatic heterocycles. The molecule has 16 heavy (non-hydrogen) atoms. The summed E-state index contributed by atoms with van der Waals surface area (Å²) < 4.78 is 2.44. The maximum Gasteiger partial charge on any atom is 0.0383 e. The highest BCUT2D eigenvalue weighted by atomic mass is 15.1. The van der Waals surface area contributed by atoms with Crippen LogP contribution in [0.25, 0.3) is 0 Å². The fourth-order valence-corrected chi connectivity index (χ4v) is 2.75. The second-order valence-electron chi connectivity index (χ2n) is 5.83. The summed E-state index contributed by atoms with van der Waals surface area (Å²) in [4.78, 5) is 0. The van der Waals surface area contributed by atoms with Crippen LogP contribution in [0.2, 0.25) is 0 Å². The summed E-state index contributed by atoms with van der Waals surface area (Å²) in [5.74, 6) is 0. The molecule has 0 radical (unpaired) electrons. The molecule has 2 heteroatoms. The van der Waals surface area contributed by atoms with Gasteiger partial charge in [-0.15, -0.1) is 0 Å². The maximum absolute atomic E-state index is 3.68. The first-order chi connectivity index (χ1) is 7.50.